The van der Waals surface area contributed by atoms with E-state index in [0.29, 0.717) is 5.95 Å². The monoisotopic (exact) mass is 249 g/mol. The number of benzene rings is 1. The van der Waals surface area contributed by atoms with Gasteiger partial charge < -0.3 is 5.32 Å². The Labute approximate surface area is 106 Å². The Morgan fingerprint density at radius 2 is 2.00 bits per heavy atom. The summed E-state index contributed by atoms with van der Waals surface area (Å²) in [6.45, 7) is 6.02. The second-order valence-corrected chi connectivity index (χ2v) is 5.37. The molecule has 0 saturated heterocycles. The Balaban J connectivity index is 2.31. The highest BCUT2D eigenvalue weighted by Crippen LogP contribution is 2.20. The van der Waals surface area contributed by atoms with E-state index in [0.717, 1.165) is 10.9 Å². The second-order valence-electron chi connectivity index (χ2n) is 4.72. The van der Waals surface area contributed by atoms with Crippen LogP contribution in [0.15, 0.2) is 30.5 Å². The summed E-state index contributed by atoms with van der Waals surface area (Å²) in [6.07, 6.45) is 1.82. The minimum atomic E-state index is -0.246. The van der Waals surface area contributed by atoms with Crippen molar-refractivity contribution in [1.29, 1.82) is 0 Å². The van der Waals surface area contributed by atoms with Crippen LogP contribution in [0.1, 0.15) is 20.8 Å². The number of rotatable bonds is 3. The molecule has 2 rings (SSSR count). The van der Waals surface area contributed by atoms with Gasteiger partial charge >= 0.3 is 0 Å². The van der Waals surface area contributed by atoms with Crippen LogP contribution in [0.4, 0.5) is 5.95 Å². The van der Waals surface area contributed by atoms with Gasteiger partial charge in [-0.25, -0.2) is 9.97 Å². The highest BCUT2D eigenvalue weighted by Gasteiger charge is 2.24. The van der Waals surface area contributed by atoms with E-state index in [2.05, 4.69) is 15.3 Å². The molecule has 0 bridgehead atoms. The third-order valence-electron chi connectivity index (χ3n) is 2.92. The predicted molar refractivity (Wildman–Crippen MR) is 72.6 cm³/mol. The van der Waals surface area contributed by atoms with Crippen LogP contribution in [0.5, 0.6) is 0 Å². The van der Waals surface area contributed by atoms with Crippen molar-refractivity contribution in [2.75, 3.05) is 5.32 Å². The summed E-state index contributed by atoms with van der Waals surface area (Å²) in [5.74, 6) is 0.612. The van der Waals surface area contributed by atoms with Crippen molar-refractivity contribution in [2.45, 2.75) is 31.7 Å². The van der Waals surface area contributed by atoms with Crippen LogP contribution >= 0.6 is 11.6 Å². The number of anilines is 1. The minimum Gasteiger partial charge on any atom is -0.348 e. The number of alkyl halides is 1. The van der Waals surface area contributed by atoms with Gasteiger partial charge in [0.25, 0.3) is 0 Å². The number of para-hydroxylation sites is 1. The zero-order valence-corrected chi connectivity index (χ0v) is 11.0. The van der Waals surface area contributed by atoms with Gasteiger partial charge in [0.2, 0.25) is 5.95 Å². The molecule has 0 aliphatic rings. The maximum atomic E-state index is 6.12. The Morgan fingerprint density at radius 1 is 1.29 bits per heavy atom. The molecule has 1 aromatic heterocycles. The normalized spacial score (nSPS) is 13.6. The van der Waals surface area contributed by atoms with E-state index in [1.165, 1.54) is 0 Å². The largest absolute Gasteiger partial charge is 0.348 e. The van der Waals surface area contributed by atoms with Gasteiger partial charge in [-0.2, -0.15) is 0 Å². The van der Waals surface area contributed by atoms with Crippen LogP contribution in [-0.2, 0) is 0 Å². The lowest BCUT2D eigenvalue weighted by atomic mass is 10.0. The summed E-state index contributed by atoms with van der Waals surface area (Å²) in [4.78, 5) is 8.76. The Hall–Kier alpha value is -1.35. The van der Waals surface area contributed by atoms with Crippen LogP contribution < -0.4 is 5.32 Å². The number of halogens is 1. The molecule has 0 fully saturated rings. The van der Waals surface area contributed by atoms with E-state index in [1.807, 2.05) is 51.2 Å². The zero-order chi connectivity index (χ0) is 12.5. The van der Waals surface area contributed by atoms with E-state index in [4.69, 9.17) is 11.6 Å². The average molecular weight is 250 g/mol. The average Bonchev–Trinajstić information content (AvgIpc) is 2.28. The highest BCUT2D eigenvalue weighted by atomic mass is 35.5. The first-order chi connectivity index (χ1) is 7.99. The van der Waals surface area contributed by atoms with Gasteiger partial charge in [-0.3, -0.25) is 0 Å². The Kier molecular flexibility index (Phi) is 3.20. The van der Waals surface area contributed by atoms with Crippen LogP contribution in [0, 0.1) is 0 Å². The number of fused-ring (bicyclic) bond motifs is 1. The van der Waals surface area contributed by atoms with Gasteiger partial charge in [0.05, 0.1) is 16.4 Å². The third kappa shape index (κ3) is 2.67. The fourth-order valence-corrected chi connectivity index (χ4v) is 1.47. The van der Waals surface area contributed by atoms with Crippen molar-refractivity contribution >= 4 is 28.5 Å². The smallest absolute Gasteiger partial charge is 0.223 e. The number of hydrogen-bond acceptors (Lipinski definition) is 3. The van der Waals surface area contributed by atoms with E-state index < -0.39 is 0 Å². The molecule has 90 valence electrons. The molecule has 1 atom stereocenters. The maximum Gasteiger partial charge on any atom is 0.223 e. The fourth-order valence-electron chi connectivity index (χ4n) is 1.42. The van der Waals surface area contributed by atoms with Gasteiger partial charge in [-0.15, -0.1) is 11.6 Å². The van der Waals surface area contributed by atoms with Crippen molar-refractivity contribution < 1.29 is 0 Å². The van der Waals surface area contributed by atoms with Gasteiger partial charge in [0.15, 0.2) is 0 Å². The second kappa shape index (κ2) is 4.49. The van der Waals surface area contributed by atoms with Gasteiger partial charge in [0, 0.05) is 11.6 Å². The molecular weight excluding hydrogens is 234 g/mol. The number of hydrogen-bond donors (Lipinski definition) is 1. The first kappa shape index (κ1) is 12.1. The molecule has 1 unspecified atom stereocenters. The lowest BCUT2D eigenvalue weighted by Gasteiger charge is -2.28. The molecular formula is C13H16ClN3. The first-order valence-electron chi connectivity index (χ1n) is 5.63. The van der Waals surface area contributed by atoms with Crippen LogP contribution in [0.3, 0.4) is 0 Å². The summed E-state index contributed by atoms with van der Waals surface area (Å²) in [5, 5.41) is 4.28. The van der Waals surface area contributed by atoms with Gasteiger partial charge in [-0.05, 0) is 26.8 Å². The highest BCUT2D eigenvalue weighted by molar-refractivity contribution is 6.21. The van der Waals surface area contributed by atoms with Crippen molar-refractivity contribution in [3.8, 4) is 0 Å². The van der Waals surface area contributed by atoms with Crippen LogP contribution in [0.2, 0.25) is 0 Å². The number of aromatic nitrogens is 2. The van der Waals surface area contributed by atoms with Gasteiger partial charge in [-0.1, -0.05) is 18.2 Å². The molecule has 0 amide bonds. The van der Waals surface area contributed by atoms with E-state index in [9.17, 15) is 0 Å². The zero-order valence-electron chi connectivity index (χ0n) is 10.2. The molecule has 0 aliphatic carbocycles. The summed E-state index contributed by atoms with van der Waals surface area (Å²) < 4.78 is 0. The van der Waals surface area contributed by atoms with Crippen molar-refractivity contribution in [3.05, 3.63) is 30.5 Å². The topological polar surface area (TPSA) is 37.8 Å². The van der Waals surface area contributed by atoms with Crippen molar-refractivity contribution in [3.63, 3.8) is 0 Å². The predicted octanol–water partition coefficient (Wildman–Crippen LogP) is 3.45. The molecule has 0 radical (unpaired) electrons. The molecule has 3 nitrogen and oxygen atoms in total. The van der Waals surface area contributed by atoms with E-state index >= 15 is 0 Å². The first-order valence-corrected chi connectivity index (χ1v) is 6.07. The minimum absolute atomic E-state index is 0.0161. The van der Waals surface area contributed by atoms with E-state index in [-0.39, 0.29) is 10.9 Å². The molecule has 2 aromatic rings. The maximum absolute atomic E-state index is 6.12. The molecule has 4 heteroatoms. The summed E-state index contributed by atoms with van der Waals surface area (Å²) in [5.41, 5.74) is 0.687. The summed E-state index contributed by atoms with van der Waals surface area (Å²) in [6, 6.07) is 7.91. The summed E-state index contributed by atoms with van der Waals surface area (Å²) >= 11 is 6.12. The third-order valence-corrected chi connectivity index (χ3v) is 3.46. The van der Waals surface area contributed by atoms with Gasteiger partial charge in [0.1, 0.15) is 0 Å². The lowest BCUT2D eigenvalue weighted by molar-refractivity contribution is 0.550. The molecule has 1 N–H and O–H groups in total. The molecule has 17 heavy (non-hydrogen) atoms. The van der Waals surface area contributed by atoms with Crippen molar-refractivity contribution in [2.24, 2.45) is 0 Å². The van der Waals surface area contributed by atoms with Crippen LogP contribution in [0.25, 0.3) is 10.9 Å². The molecule has 0 aliphatic heterocycles. The van der Waals surface area contributed by atoms with E-state index in [1.54, 1.807) is 0 Å². The number of nitrogens with one attached hydrogen (secondary N) is 1. The molecule has 0 spiro atoms. The summed E-state index contributed by atoms with van der Waals surface area (Å²) in [7, 11) is 0. The van der Waals surface area contributed by atoms with Crippen LogP contribution in [-0.4, -0.2) is 20.9 Å². The Morgan fingerprint density at radius 3 is 2.71 bits per heavy atom. The lowest BCUT2D eigenvalue weighted by Crippen LogP contribution is -2.39. The number of nitrogens with zero attached hydrogens (tertiary/aromatic N) is 2. The molecule has 1 heterocycles. The molecule has 1 aromatic carbocycles. The fraction of sp³-hybridized carbons (Fsp3) is 0.385. The SMILES string of the molecule is CC(Cl)C(C)(C)Nc1ncc2ccccc2n1. The Bertz CT molecular complexity index is 523. The standard InChI is InChI=1S/C13H16ClN3/c1-9(14)13(2,3)17-12-15-8-10-6-4-5-7-11(10)16-12/h4-9H,1-3H3,(H,15,16,17). The molecule has 0 saturated carbocycles. The van der Waals surface area contributed by atoms with Crippen molar-refractivity contribution in [1.82, 2.24) is 9.97 Å². The quantitative estimate of drug-likeness (QED) is 0.847.